The highest BCUT2D eigenvalue weighted by molar-refractivity contribution is 8.00. The van der Waals surface area contributed by atoms with E-state index in [1.807, 2.05) is 31.2 Å². The Balaban J connectivity index is 1.92. The van der Waals surface area contributed by atoms with Crippen molar-refractivity contribution in [2.24, 2.45) is 0 Å². The molecule has 178 valence electrons. The van der Waals surface area contributed by atoms with Crippen LogP contribution in [0.5, 0.6) is 5.75 Å². The van der Waals surface area contributed by atoms with Gasteiger partial charge in [0, 0.05) is 16.7 Å². The number of nitrogens with one attached hydrogen (secondary N) is 1. The predicted molar refractivity (Wildman–Crippen MR) is 140 cm³/mol. The van der Waals surface area contributed by atoms with E-state index in [9.17, 15) is 15.3 Å². The highest BCUT2D eigenvalue weighted by atomic mass is 35.5. The number of hydrogen-bond donors (Lipinski definition) is 2. The fourth-order valence-corrected chi connectivity index (χ4v) is 4.42. The number of carbonyl (C=O) groups is 1. The monoisotopic (exact) mass is 505 g/mol. The van der Waals surface area contributed by atoms with Gasteiger partial charge in [-0.2, -0.15) is 10.5 Å². The number of aryl methyl sites for hydroxylation is 1. The van der Waals surface area contributed by atoms with Gasteiger partial charge < -0.3 is 15.8 Å². The zero-order valence-corrected chi connectivity index (χ0v) is 21.3. The summed E-state index contributed by atoms with van der Waals surface area (Å²) in [6.07, 6.45) is 0. The van der Waals surface area contributed by atoms with E-state index in [1.54, 1.807) is 12.1 Å². The molecule has 0 aliphatic rings. The van der Waals surface area contributed by atoms with Crippen LogP contribution in [0.3, 0.4) is 0 Å². The zero-order valence-electron chi connectivity index (χ0n) is 19.8. The third-order valence-electron chi connectivity index (χ3n) is 5.38. The second-order valence-electron chi connectivity index (χ2n) is 8.07. The molecular weight excluding hydrogens is 482 g/mol. The molecule has 1 heterocycles. The lowest BCUT2D eigenvalue weighted by Crippen LogP contribution is -2.15. The number of pyridine rings is 1. The van der Waals surface area contributed by atoms with E-state index in [1.165, 1.54) is 7.11 Å². The third kappa shape index (κ3) is 5.68. The Labute approximate surface area is 213 Å². The van der Waals surface area contributed by atoms with Gasteiger partial charge in [-0.3, -0.25) is 4.79 Å². The summed E-state index contributed by atoms with van der Waals surface area (Å²) >= 11 is 7.20. The molecule has 0 fully saturated rings. The van der Waals surface area contributed by atoms with Crippen molar-refractivity contribution in [3.05, 3.63) is 63.7 Å². The molecule has 0 unspecified atom stereocenters. The van der Waals surface area contributed by atoms with Crippen LogP contribution < -0.4 is 15.8 Å². The minimum Gasteiger partial charge on any atom is -0.495 e. The highest BCUT2D eigenvalue weighted by Crippen LogP contribution is 2.36. The Morgan fingerprint density at radius 2 is 1.86 bits per heavy atom. The number of thioether (sulfide) groups is 1. The number of nitrogens with two attached hydrogens (primary N) is 1. The number of nitrogens with zero attached hydrogens (tertiary/aromatic N) is 3. The molecule has 3 rings (SSSR count). The van der Waals surface area contributed by atoms with E-state index in [2.05, 4.69) is 36.3 Å². The Morgan fingerprint density at radius 1 is 1.20 bits per heavy atom. The van der Waals surface area contributed by atoms with Crippen molar-refractivity contribution in [2.45, 2.75) is 31.7 Å². The number of rotatable bonds is 7. The number of carbonyl (C=O) groups excluding carboxylic acids is 1. The van der Waals surface area contributed by atoms with Gasteiger partial charge in [-0.1, -0.05) is 61.5 Å². The average molecular weight is 506 g/mol. The van der Waals surface area contributed by atoms with Crippen LogP contribution in [-0.2, 0) is 4.79 Å². The van der Waals surface area contributed by atoms with E-state index in [0.29, 0.717) is 33.5 Å². The minimum absolute atomic E-state index is 0.00680. The predicted octanol–water partition coefficient (Wildman–Crippen LogP) is 5.90. The van der Waals surface area contributed by atoms with E-state index in [0.717, 1.165) is 22.9 Å². The van der Waals surface area contributed by atoms with E-state index in [-0.39, 0.29) is 33.6 Å². The third-order valence-corrected chi connectivity index (χ3v) is 6.76. The molecule has 2 aromatic carbocycles. The molecule has 0 spiro atoms. The van der Waals surface area contributed by atoms with Crippen LogP contribution in [0.15, 0.2) is 41.4 Å². The first kappa shape index (κ1) is 25.9. The van der Waals surface area contributed by atoms with Gasteiger partial charge in [0.1, 0.15) is 34.3 Å². The number of methoxy groups -OCH3 is 1. The Kier molecular flexibility index (Phi) is 8.24. The molecule has 0 radical (unpaired) electrons. The van der Waals surface area contributed by atoms with Crippen LogP contribution in [0.25, 0.3) is 11.1 Å². The summed E-state index contributed by atoms with van der Waals surface area (Å²) in [4.78, 5) is 17.0. The van der Waals surface area contributed by atoms with Crippen molar-refractivity contribution in [1.29, 1.82) is 10.5 Å². The fraction of sp³-hybridized carbons (Fsp3) is 0.231. The average Bonchev–Trinajstić information content (AvgIpc) is 2.84. The van der Waals surface area contributed by atoms with Gasteiger partial charge in [-0.05, 0) is 35.6 Å². The summed E-state index contributed by atoms with van der Waals surface area (Å²) in [7, 11) is 1.49. The number of anilines is 2. The van der Waals surface area contributed by atoms with E-state index < -0.39 is 0 Å². The molecule has 3 aromatic rings. The molecule has 0 atom stereocenters. The number of benzene rings is 2. The second-order valence-corrected chi connectivity index (χ2v) is 9.44. The van der Waals surface area contributed by atoms with Crippen LogP contribution in [0, 0.1) is 29.6 Å². The molecule has 35 heavy (non-hydrogen) atoms. The Hall–Kier alpha value is -3.72. The van der Waals surface area contributed by atoms with Crippen LogP contribution in [0.2, 0.25) is 5.02 Å². The molecule has 9 heteroatoms. The van der Waals surface area contributed by atoms with Crippen molar-refractivity contribution in [3.63, 3.8) is 0 Å². The maximum Gasteiger partial charge on any atom is 0.234 e. The first-order valence-electron chi connectivity index (χ1n) is 10.7. The second kappa shape index (κ2) is 11.1. The minimum atomic E-state index is -0.327. The summed E-state index contributed by atoms with van der Waals surface area (Å²) in [6.45, 7) is 5.99. The molecule has 3 N–H and O–H groups in total. The normalized spacial score (nSPS) is 10.5. The highest BCUT2D eigenvalue weighted by Gasteiger charge is 2.21. The molecular formula is C26H24ClN5O2S. The van der Waals surface area contributed by atoms with Gasteiger partial charge in [0.2, 0.25) is 5.91 Å². The van der Waals surface area contributed by atoms with Crippen molar-refractivity contribution in [3.8, 4) is 29.0 Å². The molecule has 0 saturated heterocycles. The number of hydrogen-bond acceptors (Lipinski definition) is 7. The number of nitrogen functional groups attached to an aromatic ring is 1. The number of aromatic nitrogens is 1. The first-order chi connectivity index (χ1) is 16.7. The summed E-state index contributed by atoms with van der Waals surface area (Å²) in [5.74, 6) is 0.414. The van der Waals surface area contributed by atoms with Crippen LogP contribution in [-0.4, -0.2) is 23.8 Å². The van der Waals surface area contributed by atoms with E-state index in [4.69, 9.17) is 22.1 Å². The summed E-state index contributed by atoms with van der Waals surface area (Å²) in [6, 6.07) is 15.2. The van der Waals surface area contributed by atoms with Crippen molar-refractivity contribution >= 4 is 40.8 Å². The standard InChI is InChI=1S/C26H24ClN5O2S/c1-14(2)16-5-7-17(8-6-16)24-18(11-28)25(30)32-26(19(24)12-29)35-13-23(33)31-21-9-15(3)20(27)10-22(21)34-4/h5-10,14H,13H2,1-4H3,(H2,30,32)(H,31,33). The molecule has 0 bridgehead atoms. The lowest BCUT2D eigenvalue weighted by molar-refractivity contribution is -0.113. The molecule has 7 nitrogen and oxygen atoms in total. The Morgan fingerprint density at radius 3 is 2.43 bits per heavy atom. The van der Waals surface area contributed by atoms with Crippen molar-refractivity contribution < 1.29 is 9.53 Å². The van der Waals surface area contributed by atoms with Gasteiger partial charge >= 0.3 is 0 Å². The quantitative estimate of drug-likeness (QED) is 0.383. The van der Waals surface area contributed by atoms with Gasteiger partial charge in [-0.25, -0.2) is 4.98 Å². The number of amides is 1. The molecule has 0 saturated carbocycles. The van der Waals surface area contributed by atoms with Gasteiger partial charge in [0.15, 0.2) is 0 Å². The fourth-order valence-electron chi connectivity index (χ4n) is 3.48. The van der Waals surface area contributed by atoms with Crippen LogP contribution in [0.4, 0.5) is 11.5 Å². The topological polar surface area (TPSA) is 125 Å². The first-order valence-corrected chi connectivity index (χ1v) is 12.1. The molecule has 1 aromatic heterocycles. The lowest BCUT2D eigenvalue weighted by atomic mass is 9.94. The number of ether oxygens (including phenoxy) is 1. The maximum absolute atomic E-state index is 12.7. The molecule has 0 aliphatic carbocycles. The van der Waals surface area contributed by atoms with E-state index >= 15 is 0 Å². The Bertz CT molecular complexity index is 1360. The summed E-state index contributed by atoms with van der Waals surface area (Å²) in [5.41, 5.74) is 9.92. The van der Waals surface area contributed by atoms with Crippen LogP contribution >= 0.6 is 23.4 Å². The SMILES string of the molecule is COc1cc(Cl)c(C)cc1NC(=O)CSc1nc(N)c(C#N)c(-c2ccc(C(C)C)cc2)c1C#N. The molecule has 1 amide bonds. The van der Waals surface area contributed by atoms with Gasteiger partial charge in [-0.15, -0.1) is 0 Å². The maximum atomic E-state index is 12.7. The lowest BCUT2D eigenvalue weighted by Gasteiger charge is -2.14. The number of nitriles is 2. The summed E-state index contributed by atoms with van der Waals surface area (Å²) < 4.78 is 5.30. The van der Waals surface area contributed by atoms with Crippen molar-refractivity contribution in [1.82, 2.24) is 4.98 Å². The number of halogens is 1. The van der Waals surface area contributed by atoms with Crippen molar-refractivity contribution in [2.75, 3.05) is 23.9 Å². The van der Waals surface area contributed by atoms with Gasteiger partial charge in [0.05, 0.1) is 24.1 Å². The van der Waals surface area contributed by atoms with Crippen LogP contribution in [0.1, 0.15) is 42.0 Å². The largest absolute Gasteiger partial charge is 0.495 e. The smallest absolute Gasteiger partial charge is 0.234 e. The zero-order chi connectivity index (χ0) is 25.7. The van der Waals surface area contributed by atoms with Gasteiger partial charge in [0.25, 0.3) is 0 Å². The summed E-state index contributed by atoms with van der Waals surface area (Å²) in [5, 5.41) is 23.3. The molecule has 0 aliphatic heterocycles.